The number of carbonyl (C=O) groups is 1. The molecule has 27 heavy (non-hydrogen) atoms. The van der Waals surface area contributed by atoms with Crippen LogP contribution in [0.5, 0.6) is 0 Å². The lowest BCUT2D eigenvalue weighted by Crippen LogP contribution is -2.51. The van der Waals surface area contributed by atoms with Crippen LogP contribution in [0.25, 0.3) is 0 Å². The van der Waals surface area contributed by atoms with Crippen molar-refractivity contribution in [2.45, 2.75) is 50.9 Å². The van der Waals surface area contributed by atoms with Crippen LogP contribution >= 0.6 is 0 Å². The smallest absolute Gasteiger partial charge is 0.326 e. The van der Waals surface area contributed by atoms with Crippen LogP contribution in [-0.4, -0.2) is 28.0 Å². The van der Waals surface area contributed by atoms with Crippen LogP contribution in [0, 0.1) is 5.92 Å². The number of halogens is 3. The highest BCUT2D eigenvalue weighted by atomic mass is 19.4. The van der Waals surface area contributed by atoms with Gasteiger partial charge in [-0.3, -0.25) is 4.68 Å². The average Bonchev–Trinajstić information content (AvgIpc) is 3.13. The number of benzene rings is 1. The molecule has 3 rings (SSSR count). The minimum atomic E-state index is -4.46. The summed E-state index contributed by atoms with van der Waals surface area (Å²) in [6, 6.07) is 6.14. The van der Waals surface area contributed by atoms with E-state index in [1.54, 1.807) is 35.1 Å². The van der Waals surface area contributed by atoms with E-state index in [1.807, 2.05) is 12.3 Å². The first-order valence-electron chi connectivity index (χ1n) is 9.12. The first-order chi connectivity index (χ1) is 12.9. The highest BCUT2D eigenvalue weighted by Crippen LogP contribution is 2.34. The van der Waals surface area contributed by atoms with Gasteiger partial charge in [0.25, 0.3) is 0 Å². The lowest BCUT2D eigenvalue weighted by atomic mass is 9.83. The Kier molecular flexibility index (Phi) is 6.03. The van der Waals surface area contributed by atoms with Gasteiger partial charge >= 0.3 is 12.2 Å². The van der Waals surface area contributed by atoms with Crippen molar-refractivity contribution in [3.63, 3.8) is 0 Å². The fourth-order valence-electron chi connectivity index (χ4n) is 3.57. The first kappa shape index (κ1) is 19.3. The van der Waals surface area contributed by atoms with E-state index in [4.69, 9.17) is 0 Å². The van der Waals surface area contributed by atoms with E-state index in [0.717, 1.165) is 24.8 Å². The number of urea groups is 1. The van der Waals surface area contributed by atoms with E-state index in [2.05, 4.69) is 15.7 Å². The minimum absolute atomic E-state index is 0.446. The Morgan fingerprint density at radius 3 is 2.67 bits per heavy atom. The molecular formula is C19H23F3N4O. The maximum atomic E-state index is 13.4. The second kappa shape index (κ2) is 8.45. The lowest BCUT2D eigenvalue weighted by Gasteiger charge is -2.32. The molecule has 2 aromatic rings. The topological polar surface area (TPSA) is 59.0 Å². The Balaban J connectivity index is 1.63. The van der Waals surface area contributed by atoms with Crippen LogP contribution in [0.3, 0.4) is 0 Å². The molecule has 0 bridgehead atoms. The minimum Gasteiger partial charge on any atom is -0.326 e. The molecule has 146 valence electrons. The van der Waals surface area contributed by atoms with Gasteiger partial charge in [-0.05, 0) is 42.5 Å². The molecule has 1 fully saturated rings. The highest BCUT2D eigenvalue weighted by molar-refractivity contribution is 5.89. The summed E-state index contributed by atoms with van der Waals surface area (Å²) < 4.78 is 42.0. The molecule has 1 aromatic heterocycles. The maximum Gasteiger partial charge on any atom is 0.408 e. The van der Waals surface area contributed by atoms with Gasteiger partial charge in [-0.1, -0.05) is 31.4 Å². The van der Waals surface area contributed by atoms with E-state index in [0.29, 0.717) is 25.1 Å². The Bertz CT molecular complexity index is 740. The molecular weight excluding hydrogens is 357 g/mol. The molecule has 5 nitrogen and oxygen atoms in total. The third-order valence-corrected chi connectivity index (χ3v) is 4.85. The molecule has 1 atom stereocenters. The maximum absolute atomic E-state index is 13.4. The molecule has 1 aromatic carbocycles. The van der Waals surface area contributed by atoms with Gasteiger partial charge in [-0.2, -0.15) is 18.3 Å². The van der Waals surface area contributed by atoms with Gasteiger partial charge in [0.15, 0.2) is 0 Å². The van der Waals surface area contributed by atoms with E-state index >= 15 is 0 Å². The van der Waals surface area contributed by atoms with E-state index in [9.17, 15) is 18.0 Å². The number of amides is 2. The zero-order valence-electron chi connectivity index (χ0n) is 14.9. The molecule has 1 heterocycles. The number of nitrogens with zero attached hydrogens (tertiary/aromatic N) is 2. The lowest BCUT2D eigenvalue weighted by molar-refractivity contribution is -0.167. The van der Waals surface area contributed by atoms with Gasteiger partial charge < -0.3 is 10.6 Å². The summed E-state index contributed by atoms with van der Waals surface area (Å²) in [5, 5.41) is 8.78. The van der Waals surface area contributed by atoms with Crippen molar-refractivity contribution < 1.29 is 18.0 Å². The molecule has 1 aliphatic rings. The molecule has 2 N–H and O–H groups in total. The van der Waals surface area contributed by atoms with E-state index in [-0.39, 0.29) is 0 Å². The number of carbonyl (C=O) groups excluding carboxylic acids is 1. The summed E-state index contributed by atoms with van der Waals surface area (Å²) in [7, 11) is 0. The monoisotopic (exact) mass is 380 g/mol. The van der Waals surface area contributed by atoms with Crippen molar-refractivity contribution in [3.05, 3.63) is 48.3 Å². The molecule has 0 saturated heterocycles. The zero-order chi connectivity index (χ0) is 19.3. The highest BCUT2D eigenvalue weighted by Gasteiger charge is 2.45. The number of aromatic nitrogens is 2. The molecule has 1 saturated carbocycles. The van der Waals surface area contributed by atoms with Crippen molar-refractivity contribution in [1.82, 2.24) is 15.1 Å². The average molecular weight is 380 g/mol. The SMILES string of the molecule is O=C(Nc1cccc(Cn2cccn2)c1)NC(C1CCCCC1)C(F)(F)F. The van der Waals surface area contributed by atoms with E-state index in [1.165, 1.54) is 0 Å². The van der Waals surface area contributed by atoms with Crippen molar-refractivity contribution in [1.29, 1.82) is 0 Å². The molecule has 8 heteroatoms. The summed E-state index contributed by atoms with van der Waals surface area (Å²) in [6.45, 7) is 0.511. The number of rotatable bonds is 5. The second-order valence-electron chi connectivity index (χ2n) is 6.92. The summed E-state index contributed by atoms with van der Waals surface area (Å²) in [6.07, 6.45) is 2.50. The summed E-state index contributed by atoms with van der Waals surface area (Å²) in [5.74, 6) is -0.560. The molecule has 1 unspecified atom stereocenters. The second-order valence-corrected chi connectivity index (χ2v) is 6.92. The quantitative estimate of drug-likeness (QED) is 0.799. The van der Waals surface area contributed by atoms with Crippen molar-refractivity contribution >= 4 is 11.7 Å². The Morgan fingerprint density at radius 2 is 2.00 bits per heavy atom. The standard InChI is InChI=1S/C19H23F3N4O/c20-19(21,22)17(15-7-2-1-3-8-15)25-18(27)24-16-9-4-6-14(12-16)13-26-11-5-10-23-26/h4-6,9-12,15,17H,1-3,7-8,13H2,(H2,24,25,27). The first-order valence-corrected chi connectivity index (χ1v) is 9.12. The Labute approximate surface area is 155 Å². The largest absolute Gasteiger partial charge is 0.408 e. The molecule has 0 radical (unpaired) electrons. The van der Waals surface area contributed by atoms with Crippen LogP contribution < -0.4 is 10.6 Å². The number of nitrogens with one attached hydrogen (secondary N) is 2. The molecule has 0 aliphatic heterocycles. The molecule has 1 aliphatic carbocycles. The molecule has 0 spiro atoms. The summed E-state index contributed by atoms with van der Waals surface area (Å²) in [5.41, 5.74) is 1.33. The van der Waals surface area contributed by atoms with Gasteiger partial charge in [0, 0.05) is 18.1 Å². The number of hydrogen-bond donors (Lipinski definition) is 2. The summed E-state index contributed by atoms with van der Waals surface area (Å²) in [4.78, 5) is 12.2. The van der Waals surface area contributed by atoms with Gasteiger partial charge in [-0.15, -0.1) is 0 Å². The van der Waals surface area contributed by atoms with Gasteiger partial charge in [0.1, 0.15) is 6.04 Å². The van der Waals surface area contributed by atoms with Crippen LogP contribution in [0.1, 0.15) is 37.7 Å². The normalized spacial score (nSPS) is 16.7. The Morgan fingerprint density at radius 1 is 1.22 bits per heavy atom. The van der Waals surface area contributed by atoms with Crippen LogP contribution in [0.15, 0.2) is 42.7 Å². The van der Waals surface area contributed by atoms with Gasteiger partial charge in [0.2, 0.25) is 0 Å². The fraction of sp³-hybridized carbons (Fsp3) is 0.474. The van der Waals surface area contributed by atoms with Crippen molar-refractivity contribution in [2.75, 3.05) is 5.32 Å². The number of alkyl halides is 3. The summed E-state index contributed by atoms with van der Waals surface area (Å²) >= 11 is 0. The van der Waals surface area contributed by atoms with Crippen molar-refractivity contribution in [3.8, 4) is 0 Å². The van der Waals surface area contributed by atoms with Crippen LogP contribution in [-0.2, 0) is 6.54 Å². The number of anilines is 1. The predicted octanol–water partition coefficient (Wildman–Crippen LogP) is 4.56. The fourth-order valence-corrected chi connectivity index (χ4v) is 3.57. The predicted molar refractivity (Wildman–Crippen MR) is 96.3 cm³/mol. The molecule has 2 amide bonds. The third kappa shape index (κ3) is 5.48. The number of hydrogen-bond acceptors (Lipinski definition) is 2. The van der Waals surface area contributed by atoms with Crippen LogP contribution in [0.2, 0.25) is 0 Å². The Hall–Kier alpha value is -2.51. The van der Waals surface area contributed by atoms with E-state index < -0.39 is 24.2 Å². The van der Waals surface area contributed by atoms with Gasteiger partial charge in [-0.25, -0.2) is 4.79 Å². The zero-order valence-corrected chi connectivity index (χ0v) is 14.9. The third-order valence-electron chi connectivity index (χ3n) is 4.85. The van der Waals surface area contributed by atoms with Crippen molar-refractivity contribution in [2.24, 2.45) is 5.92 Å². The van der Waals surface area contributed by atoms with Gasteiger partial charge in [0.05, 0.1) is 6.54 Å². The van der Waals surface area contributed by atoms with Crippen LogP contribution in [0.4, 0.5) is 23.7 Å².